The van der Waals surface area contributed by atoms with E-state index in [1.54, 1.807) is 12.1 Å². The Labute approximate surface area is 87.3 Å². The number of nitrogens with zero attached hydrogens (tertiary/aromatic N) is 2. The third kappa shape index (κ3) is 1.94. The van der Waals surface area contributed by atoms with Crippen molar-refractivity contribution in [3.63, 3.8) is 0 Å². The molecule has 5 nitrogen and oxygen atoms in total. The van der Waals surface area contributed by atoms with E-state index in [0.29, 0.717) is 26.6 Å². The van der Waals surface area contributed by atoms with Gasteiger partial charge in [-0.15, -0.1) is 10.2 Å². The topological polar surface area (TPSA) is 82.0 Å². The van der Waals surface area contributed by atoms with Gasteiger partial charge in [-0.1, -0.05) is 11.3 Å². The predicted molar refractivity (Wildman–Crippen MR) is 52.5 cm³/mol. The maximum atomic E-state index is 10.3. The average Bonchev–Trinajstić information content (AvgIpc) is 2.76. The molecular formula is C7H5N3O2S2. The van der Waals surface area contributed by atoms with Gasteiger partial charge in [0, 0.05) is 0 Å². The summed E-state index contributed by atoms with van der Waals surface area (Å²) in [5.41, 5.74) is 5.41. The van der Waals surface area contributed by atoms with Crippen molar-refractivity contribution in [2.45, 2.75) is 9.43 Å². The van der Waals surface area contributed by atoms with Gasteiger partial charge in [0.05, 0.1) is 0 Å². The lowest BCUT2D eigenvalue weighted by Gasteiger charge is -1.87. The standard InChI is InChI=1S/C7H5N3O2S2/c8-6-9-10-7(14-6)13-5-2-1-4(3-11)12-5/h1-3H,(H2,8,9). The van der Waals surface area contributed by atoms with Gasteiger partial charge >= 0.3 is 0 Å². The molecule has 0 unspecified atom stereocenters. The van der Waals surface area contributed by atoms with E-state index < -0.39 is 0 Å². The predicted octanol–water partition coefficient (Wildman–Crippen LogP) is 1.68. The van der Waals surface area contributed by atoms with Crippen LogP contribution in [0.5, 0.6) is 0 Å². The highest BCUT2D eigenvalue weighted by Crippen LogP contribution is 2.31. The van der Waals surface area contributed by atoms with E-state index in [0.717, 1.165) is 0 Å². The Kier molecular flexibility index (Phi) is 2.51. The molecule has 72 valence electrons. The summed E-state index contributed by atoms with van der Waals surface area (Å²) in [6, 6.07) is 3.30. The van der Waals surface area contributed by atoms with Crippen LogP contribution in [0.25, 0.3) is 0 Å². The fourth-order valence-corrected chi connectivity index (χ4v) is 2.34. The number of aromatic nitrogens is 2. The van der Waals surface area contributed by atoms with Crippen molar-refractivity contribution in [1.82, 2.24) is 10.2 Å². The third-order valence-corrected chi connectivity index (χ3v) is 3.05. The first kappa shape index (κ1) is 9.22. The highest BCUT2D eigenvalue weighted by molar-refractivity contribution is 8.01. The lowest BCUT2D eigenvalue weighted by molar-refractivity contribution is 0.109. The van der Waals surface area contributed by atoms with Crippen LogP contribution in [0.2, 0.25) is 0 Å². The zero-order valence-corrected chi connectivity index (χ0v) is 8.47. The monoisotopic (exact) mass is 227 g/mol. The van der Waals surface area contributed by atoms with Crippen LogP contribution in [0, 0.1) is 0 Å². The van der Waals surface area contributed by atoms with E-state index >= 15 is 0 Å². The molecule has 7 heteroatoms. The van der Waals surface area contributed by atoms with Gasteiger partial charge in [0.15, 0.2) is 21.5 Å². The highest BCUT2D eigenvalue weighted by Gasteiger charge is 2.07. The molecule has 0 atom stereocenters. The van der Waals surface area contributed by atoms with Gasteiger partial charge in [-0.05, 0) is 23.9 Å². The van der Waals surface area contributed by atoms with Crippen molar-refractivity contribution in [3.05, 3.63) is 17.9 Å². The van der Waals surface area contributed by atoms with E-state index in [2.05, 4.69) is 10.2 Å². The largest absolute Gasteiger partial charge is 0.447 e. The van der Waals surface area contributed by atoms with E-state index in [9.17, 15) is 4.79 Å². The minimum atomic E-state index is 0.296. The van der Waals surface area contributed by atoms with Crippen molar-refractivity contribution in [2.24, 2.45) is 0 Å². The number of carbonyl (C=O) groups is 1. The molecule has 0 aliphatic carbocycles. The Balaban J connectivity index is 2.14. The van der Waals surface area contributed by atoms with Crippen LogP contribution in [0.3, 0.4) is 0 Å². The summed E-state index contributed by atoms with van der Waals surface area (Å²) in [6.45, 7) is 0. The molecule has 0 fully saturated rings. The second-order valence-electron chi connectivity index (χ2n) is 2.28. The molecule has 2 rings (SSSR count). The molecule has 0 aliphatic heterocycles. The minimum Gasteiger partial charge on any atom is -0.447 e. The fourth-order valence-electron chi connectivity index (χ4n) is 0.800. The van der Waals surface area contributed by atoms with Crippen LogP contribution in [0.15, 0.2) is 26.0 Å². The smallest absolute Gasteiger partial charge is 0.203 e. The molecule has 0 saturated carbocycles. The molecule has 0 radical (unpaired) electrons. The van der Waals surface area contributed by atoms with E-state index in [-0.39, 0.29) is 0 Å². The number of rotatable bonds is 3. The van der Waals surface area contributed by atoms with Gasteiger partial charge < -0.3 is 10.2 Å². The summed E-state index contributed by atoms with van der Waals surface area (Å²) < 4.78 is 5.83. The summed E-state index contributed by atoms with van der Waals surface area (Å²) in [7, 11) is 0. The number of aldehydes is 1. The van der Waals surface area contributed by atoms with Gasteiger partial charge in [-0.3, -0.25) is 4.79 Å². The van der Waals surface area contributed by atoms with Crippen LogP contribution in [-0.4, -0.2) is 16.5 Å². The first-order valence-corrected chi connectivity index (χ1v) is 5.23. The number of hydrogen-bond acceptors (Lipinski definition) is 7. The van der Waals surface area contributed by atoms with Crippen molar-refractivity contribution in [1.29, 1.82) is 0 Å². The Morgan fingerprint density at radius 3 is 2.93 bits per heavy atom. The van der Waals surface area contributed by atoms with Gasteiger partial charge in [-0.25, -0.2) is 0 Å². The summed E-state index contributed by atoms with van der Waals surface area (Å²) >= 11 is 2.55. The van der Waals surface area contributed by atoms with Crippen molar-refractivity contribution >= 4 is 34.5 Å². The molecule has 0 amide bonds. The molecule has 2 aromatic rings. The number of carbonyl (C=O) groups excluding carboxylic acids is 1. The van der Waals surface area contributed by atoms with Crippen molar-refractivity contribution in [3.8, 4) is 0 Å². The quantitative estimate of drug-likeness (QED) is 0.803. The first-order valence-electron chi connectivity index (χ1n) is 3.60. The Morgan fingerprint density at radius 2 is 2.36 bits per heavy atom. The van der Waals surface area contributed by atoms with E-state index in [4.69, 9.17) is 10.2 Å². The summed E-state index contributed by atoms with van der Waals surface area (Å²) in [5, 5.41) is 8.47. The second kappa shape index (κ2) is 3.81. The van der Waals surface area contributed by atoms with Crippen LogP contribution in [-0.2, 0) is 0 Å². The molecule has 0 bridgehead atoms. The van der Waals surface area contributed by atoms with Crippen LogP contribution in [0.1, 0.15) is 10.6 Å². The van der Waals surface area contributed by atoms with Crippen LogP contribution < -0.4 is 5.73 Å². The van der Waals surface area contributed by atoms with Crippen LogP contribution in [0.4, 0.5) is 5.13 Å². The summed E-state index contributed by atoms with van der Waals surface area (Å²) in [5.74, 6) is 0.296. The lowest BCUT2D eigenvalue weighted by atomic mass is 10.5. The van der Waals surface area contributed by atoms with Gasteiger partial charge in [-0.2, -0.15) is 0 Å². The van der Waals surface area contributed by atoms with Gasteiger partial charge in [0.1, 0.15) is 0 Å². The summed E-state index contributed by atoms with van der Waals surface area (Å²) in [4.78, 5) is 10.3. The fraction of sp³-hybridized carbons (Fsp3) is 0. The zero-order chi connectivity index (χ0) is 9.97. The number of anilines is 1. The maximum absolute atomic E-state index is 10.3. The molecule has 0 saturated heterocycles. The first-order chi connectivity index (χ1) is 6.78. The molecule has 2 aromatic heterocycles. The lowest BCUT2D eigenvalue weighted by Crippen LogP contribution is -1.79. The van der Waals surface area contributed by atoms with Gasteiger partial charge in [0.2, 0.25) is 5.13 Å². The van der Waals surface area contributed by atoms with E-state index in [1.165, 1.54) is 23.1 Å². The molecule has 0 aliphatic rings. The van der Waals surface area contributed by atoms with Gasteiger partial charge in [0.25, 0.3) is 0 Å². The maximum Gasteiger partial charge on any atom is 0.203 e. The third-order valence-electron chi connectivity index (χ3n) is 1.33. The molecule has 14 heavy (non-hydrogen) atoms. The van der Waals surface area contributed by atoms with Crippen molar-refractivity contribution in [2.75, 3.05) is 5.73 Å². The zero-order valence-electron chi connectivity index (χ0n) is 6.84. The summed E-state index contributed by atoms with van der Waals surface area (Å²) in [6.07, 6.45) is 0.651. The second-order valence-corrected chi connectivity index (χ2v) is 4.54. The Hall–Kier alpha value is -1.34. The number of nitrogen functional groups attached to an aromatic ring is 1. The Morgan fingerprint density at radius 1 is 1.50 bits per heavy atom. The molecule has 2 N–H and O–H groups in total. The molecule has 2 heterocycles. The number of furan rings is 1. The van der Waals surface area contributed by atoms with Crippen molar-refractivity contribution < 1.29 is 9.21 Å². The number of hydrogen-bond donors (Lipinski definition) is 1. The molecule has 0 spiro atoms. The van der Waals surface area contributed by atoms with Crippen LogP contribution >= 0.6 is 23.1 Å². The Bertz CT molecular complexity index is 451. The molecule has 0 aromatic carbocycles. The minimum absolute atomic E-state index is 0.296. The molecular weight excluding hydrogens is 222 g/mol. The average molecular weight is 227 g/mol. The van der Waals surface area contributed by atoms with E-state index in [1.807, 2.05) is 0 Å². The normalized spacial score (nSPS) is 10.3. The SMILES string of the molecule is Nc1nnc(Sc2ccc(C=O)o2)s1. The number of nitrogens with two attached hydrogens (primary N) is 1. The highest BCUT2D eigenvalue weighted by atomic mass is 32.2.